The van der Waals surface area contributed by atoms with Crippen LogP contribution in [0.25, 0.3) is 22.6 Å². The Balaban J connectivity index is 0.000000440. The first-order valence-corrected chi connectivity index (χ1v) is 13.9. The highest BCUT2D eigenvalue weighted by Gasteiger charge is 2.37. The van der Waals surface area contributed by atoms with Gasteiger partial charge in [0.25, 0.3) is 0 Å². The van der Waals surface area contributed by atoms with Gasteiger partial charge in [0.1, 0.15) is 5.82 Å². The van der Waals surface area contributed by atoms with Gasteiger partial charge in [-0.2, -0.15) is 4.98 Å². The van der Waals surface area contributed by atoms with E-state index in [1.165, 1.54) is 38.7 Å². The molecule has 0 saturated carbocycles. The number of rotatable bonds is 6. The Kier molecular flexibility index (Phi) is 7.99. The Labute approximate surface area is 238 Å². The van der Waals surface area contributed by atoms with E-state index in [9.17, 15) is 9.18 Å². The van der Waals surface area contributed by atoms with E-state index in [-0.39, 0.29) is 23.8 Å². The Hall–Kier alpha value is -4.19. The van der Waals surface area contributed by atoms with Crippen LogP contribution >= 0.6 is 0 Å². The first-order chi connectivity index (χ1) is 20.0. The summed E-state index contributed by atoms with van der Waals surface area (Å²) in [7, 11) is 0. The minimum Gasteiger partial charge on any atom is -0.422 e. The fraction of sp³-hybridized carbons (Fsp3) is 0.333. The predicted molar refractivity (Wildman–Crippen MR) is 154 cm³/mol. The number of hydrogen-bond donors (Lipinski definition) is 3. The molecule has 0 bridgehead atoms. The quantitative estimate of drug-likeness (QED) is 0.305. The Morgan fingerprint density at radius 2 is 1.85 bits per heavy atom. The van der Waals surface area contributed by atoms with E-state index in [1.54, 1.807) is 30.5 Å². The zero-order chi connectivity index (χ0) is 28.2. The molecule has 3 fully saturated rings. The highest BCUT2D eigenvalue weighted by molar-refractivity contribution is 5.90. The van der Waals surface area contributed by atoms with Gasteiger partial charge in [-0.3, -0.25) is 15.0 Å². The number of imidazole rings is 1. The van der Waals surface area contributed by atoms with Crippen LogP contribution in [0.15, 0.2) is 67.1 Å². The number of anilines is 1. The summed E-state index contributed by atoms with van der Waals surface area (Å²) < 4.78 is 21.7. The number of aromatic nitrogens is 4. The number of piperazine rings is 1. The molecule has 3 aliphatic heterocycles. The van der Waals surface area contributed by atoms with Crippen molar-refractivity contribution in [3.63, 3.8) is 0 Å². The molecule has 2 aromatic carbocycles. The molecular formula is C30H33FN8O2. The minimum atomic E-state index is -0.302. The molecular weight excluding hydrogens is 523 g/mol. The number of nitrogens with zero attached hydrogens (tertiary/aromatic N) is 5. The summed E-state index contributed by atoms with van der Waals surface area (Å²) in [5.74, 6) is -0.0698. The molecule has 2 unspecified atom stereocenters. The maximum absolute atomic E-state index is 13.6. The molecule has 3 saturated heterocycles. The zero-order valence-electron chi connectivity index (χ0n) is 22.9. The lowest BCUT2D eigenvalue weighted by Crippen LogP contribution is -2.29. The highest BCUT2D eigenvalue weighted by atomic mass is 19.1. The zero-order valence-corrected chi connectivity index (χ0v) is 22.9. The van der Waals surface area contributed by atoms with E-state index in [2.05, 4.69) is 30.4 Å². The van der Waals surface area contributed by atoms with Crippen molar-refractivity contribution in [1.29, 1.82) is 0 Å². The molecule has 4 aromatic rings. The predicted octanol–water partition coefficient (Wildman–Crippen LogP) is 4.05. The molecule has 3 aliphatic rings. The van der Waals surface area contributed by atoms with Gasteiger partial charge in [-0.15, -0.1) is 0 Å². The molecule has 3 N–H and O–H groups in total. The molecule has 2 atom stereocenters. The van der Waals surface area contributed by atoms with E-state index in [4.69, 9.17) is 14.7 Å². The van der Waals surface area contributed by atoms with Crippen LogP contribution in [-0.4, -0.2) is 69.2 Å². The average Bonchev–Trinajstić information content (AvgIpc) is 3.36. The number of amides is 1. The van der Waals surface area contributed by atoms with Crippen LogP contribution in [0.5, 0.6) is 11.8 Å². The van der Waals surface area contributed by atoms with Crippen molar-refractivity contribution in [2.75, 3.05) is 38.0 Å². The smallest absolute Gasteiger partial charge is 0.322 e. The van der Waals surface area contributed by atoms with E-state index in [0.717, 1.165) is 43.4 Å². The molecule has 1 amide bonds. The third-order valence-corrected chi connectivity index (χ3v) is 7.38. The maximum atomic E-state index is 13.6. The van der Waals surface area contributed by atoms with Gasteiger partial charge in [0.15, 0.2) is 5.75 Å². The fourth-order valence-electron chi connectivity index (χ4n) is 5.25. The Morgan fingerprint density at radius 3 is 2.54 bits per heavy atom. The number of carbonyl (C=O) groups excluding carboxylic acids is 1. The SMILES string of the molecule is C1CN2CC2N1.CC(=O)Nc1ccccc1Oc1nccc(-c2c(-c3ccc(F)cc3)ncn2C2CCNCC2)n1. The van der Waals surface area contributed by atoms with Gasteiger partial charge in [0.2, 0.25) is 5.91 Å². The summed E-state index contributed by atoms with van der Waals surface area (Å²) in [5.41, 5.74) is 3.51. The topological polar surface area (TPSA) is 109 Å². The second kappa shape index (κ2) is 12.1. The van der Waals surface area contributed by atoms with E-state index in [0.29, 0.717) is 22.8 Å². The second-order valence-corrected chi connectivity index (χ2v) is 10.3. The molecule has 41 heavy (non-hydrogen) atoms. The second-order valence-electron chi connectivity index (χ2n) is 10.3. The minimum absolute atomic E-state index is 0.142. The summed E-state index contributed by atoms with van der Waals surface area (Å²) in [6, 6.07) is 15.6. The number of hydrogen-bond acceptors (Lipinski definition) is 8. The van der Waals surface area contributed by atoms with Gasteiger partial charge in [-0.25, -0.2) is 14.4 Å². The summed E-state index contributed by atoms with van der Waals surface area (Å²) in [6.07, 6.45) is 6.19. The van der Waals surface area contributed by atoms with Crippen molar-refractivity contribution in [2.45, 2.75) is 32.0 Å². The third kappa shape index (κ3) is 6.43. The first kappa shape index (κ1) is 27.0. The van der Waals surface area contributed by atoms with Crippen molar-refractivity contribution in [3.8, 4) is 34.4 Å². The fourth-order valence-corrected chi connectivity index (χ4v) is 5.25. The number of nitrogens with one attached hydrogen (secondary N) is 3. The number of fused-ring (bicyclic) bond motifs is 1. The first-order valence-electron chi connectivity index (χ1n) is 13.9. The monoisotopic (exact) mass is 556 g/mol. The standard InChI is InChI=1S/C26H25FN6O2.C4H8N2/c1-17(34)31-21-4-2-3-5-23(21)35-26-29-15-12-22(32-26)25-24(18-6-8-19(27)9-7-18)30-16-33(25)20-10-13-28-14-11-20;1-2-6-3-4(6)5-1/h2-9,12,15-16,20,28H,10-11,13-14H2,1H3,(H,31,34);4-5H,1-3H2. The number of carbonyl (C=O) groups is 1. The van der Waals surface area contributed by atoms with Crippen LogP contribution < -0.4 is 20.7 Å². The molecule has 2 aromatic heterocycles. The lowest BCUT2D eigenvalue weighted by Gasteiger charge is -2.25. The number of para-hydroxylation sites is 2. The van der Waals surface area contributed by atoms with Gasteiger partial charge in [0.05, 0.1) is 35.3 Å². The number of ether oxygens (including phenoxy) is 1. The van der Waals surface area contributed by atoms with Gasteiger partial charge < -0.3 is 19.9 Å². The van der Waals surface area contributed by atoms with Crippen molar-refractivity contribution >= 4 is 11.6 Å². The molecule has 10 nitrogen and oxygen atoms in total. The largest absolute Gasteiger partial charge is 0.422 e. The van der Waals surface area contributed by atoms with E-state index in [1.807, 2.05) is 24.5 Å². The number of piperidine rings is 1. The summed E-state index contributed by atoms with van der Waals surface area (Å²) in [6.45, 7) is 7.08. The van der Waals surface area contributed by atoms with E-state index < -0.39 is 0 Å². The molecule has 5 heterocycles. The van der Waals surface area contributed by atoms with E-state index >= 15 is 0 Å². The van der Waals surface area contributed by atoms with Gasteiger partial charge >= 0.3 is 6.01 Å². The van der Waals surface area contributed by atoms with Crippen LogP contribution in [0, 0.1) is 5.82 Å². The summed E-state index contributed by atoms with van der Waals surface area (Å²) in [4.78, 5) is 27.7. The Bertz CT molecular complexity index is 1490. The van der Waals surface area contributed by atoms with Gasteiger partial charge in [-0.1, -0.05) is 12.1 Å². The summed E-state index contributed by atoms with van der Waals surface area (Å²) in [5, 5.41) is 9.46. The third-order valence-electron chi connectivity index (χ3n) is 7.38. The van der Waals surface area contributed by atoms with Crippen LogP contribution in [0.2, 0.25) is 0 Å². The number of benzene rings is 2. The van der Waals surface area contributed by atoms with Crippen LogP contribution in [0.3, 0.4) is 0 Å². The highest BCUT2D eigenvalue weighted by Crippen LogP contribution is 2.36. The van der Waals surface area contributed by atoms with Crippen LogP contribution in [0.1, 0.15) is 25.8 Å². The van der Waals surface area contributed by atoms with Crippen molar-refractivity contribution in [1.82, 2.24) is 35.1 Å². The summed E-state index contributed by atoms with van der Waals surface area (Å²) >= 11 is 0. The average molecular weight is 557 g/mol. The van der Waals surface area contributed by atoms with Gasteiger partial charge in [-0.05, 0) is 68.4 Å². The normalized spacial score (nSPS) is 19.6. The Morgan fingerprint density at radius 1 is 1.05 bits per heavy atom. The van der Waals surface area contributed by atoms with Crippen molar-refractivity contribution in [2.24, 2.45) is 0 Å². The molecule has 212 valence electrons. The van der Waals surface area contributed by atoms with Gasteiger partial charge in [0, 0.05) is 44.4 Å². The lowest BCUT2D eigenvalue weighted by molar-refractivity contribution is -0.114. The molecule has 11 heteroatoms. The molecule has 0 radical (unpaired) electrons. The molecule has 0 spiro atoms. The van der Waals surface area contributed by atoms with Crippen molar-refractivity contribution < 1.29 is 13.9 Å². The maximum Gasteiger partial charge on any atom is 0.322 e. The van der Waals surface area contributed by atoms with Crippen LogP contribution in [0.4, 0.5) is 10.1 Å². The molecule has 7 rings (SSSR count). The molecule has 0 aliphatic carbocycles. The van der Waals surface area contributed by atoms with Crippen molar-refractivity contribution in [3.05, 3.63) is 72.9 Å². The number of halogens is 1. The van der Waals surface area contributed by atoms with Crippen LogP contribution in [-0.2, 0) is 4.79 Å². The lowest BCUT2D eigenvalue weighted by atomic mass is 10.0.